The van der Waals surface area contributed by atoms with Crippen molar-refractivity contribution in [2.45, 2.75) is 6.54 Å². The van der Waals surface area contributed by atoms with E-state index >= 15 is 0 Å². The first-order valence-corrected chi connectivity index (χ1v) is 7.24. The third-order valence-corrected chi connectivity index (χ3v) is 3.62. The third-order valence-electron chi connectivity index (χ3n) is 2.50. The van der Waals surface area contributed by atoms with E-state index in [4.69, 9.17) is 4.74 Å². The van der Waals surface area contributed by atoms with Crippen LogP contribution in [0.5, 0.6) is 11.5 Å². The molecule has 0 atom stereocenters. The fourth-order valence-electron chi connectivity index (χ4n) is 1.65. The van der Waals surface area contributed by atoms with E-state index in [0.717, 1.165) is 14.5 Å². The Balaban J connectivity index is 2.32. The standard InChI is InChI=1S/C14H12Br2FNO/c1-18-8-9-6-11(17)3-5-13(9)19-14-4-2-10(15)7-12(14)16/h2-7,18H,8H2,1H3. The van der Waals surface area contributed by atoms with Crippen LogP contribution in [0, 0.1) is 5.82 Å². The molecule has 0 saturated heterocycles. The number of nitrogens with one attached hydrogen (secondary N) is 1. The fraction of sp³-hybridized carbons (Fsp3) is 0.143. The Labute approximate surface area is 128 Å². The summed E-state index contributed by atoms with van der Waals surface area (Å²) in [5, 5.41) is 3.00. The van der Waals surface area contributed by atoms with Gasteiger partial charge in [0.2, 0.25) is 0 Å². The van der Waals surface area contributed by atoms with Gasteiger partial charge in [0.25, 0.3) is 0 Å². The van der Waals surface area contributed by atoms with Crippen molar-refractivity contribution in [3.05, 3.63) is 56.7 Å². The van der Waals surface area contributed by atoms with Crippen LogP contribution in [0.25, 0.3) is 0 Å². The van der Waals surface area contributed by atoms with Crippen LogP contribution in [-0.4, -0.2) is 7.05 Å². The molecule has 0 aliphatic carbocycles. The largest absolute Gasteiger partial charge is 0.456 e. The molecule has 0 fully saturated rings. The molecule has 0 amide bonds. The topological polar surface area (TPSA) is 21.3 Å². The monoisotopic (exact) mass is 387 g/mol. The molecule has 0 radical (unpaired) electrons. The van der Waals surface area contributed by atoms with Crippen LogP contribution >= 0.6 is 31.9 Å². The number of ether oxygens (including phenoxy) is 1. The highest BCUT2D eigenvalue weighted by Crippen LogP contribution is 2.33. The van der Waals surface area contributed by atoms with Crippen molar-refractivity contribution in [3.63, 3.8) is 0 Å². The van der Waals surface area contributed by atoms with Gasteiger partial charge in [0, 0.05) is 16.6 Å². The summed E-state index contributed by atoms with van der Waals surface area (Å²) in [6.45, 7) is 0.543. The molecule has 5 heteroatoms. The molecule has 0 unspecified atom stereocenters. The molecule has 2 aromatic rings. The molecule has 0 aromatic heterocycles. The van der Waals surface area contributed by atoms with Crippen molar-refractivity contribution in [2.24, 2.45) is 0 Å². The predicted octanol–water partition coefficient (Wildman–Crippen LogP) is 4.86. The molecule has 1 N–H and O–H groups in total. The summed E-state index contributed by atoms with van der Waals surface area (Å²) in [6.07, 6.45) is 0. The molecular weight excluding hydrogens is 377 g/mol. The highest BCUT2D eigenvalue weighted by atomic mass is 79.9. The molecule has 0 heterocycles. The van der Waals surface area contributed by atoms with Gasteiger partial charge < -0.3 is 10.1 Å². The van der Waals surface area contributed by atoms with Gasteiger partial charge >= 0.3 is 0 Å². The zero-order valence-electron chi connectivity index (χ0n) is 10.2. The quantitative estimate of drug-likeness (QED) is 0.807. The SMILES string of the molecule is CNCc1cc(F)ccc1Oc1ccc(Br)cc1Br. The summed E-state index contributed by atoms with van der Waals surface area (Å²) in [4.78, 5) is 0. The van der Waals surface area contributed by atoms with Crippen molar-refractivity contribution in [3.8, 4) is 11.5 Å². The second-order valence-electron chi connectivity index (χ2n) is 3.96. The summed E-state index contributed by atoms with van der Waals surface area (Å²) in [5.41, 5.74) is 0.775. The zero-order valence-corrected chi connectivity index (χ0v) is 13.4. The number of rotatable bonds is 4. The first-order valence-electron chi connectivity index (χ1n) is 5.66. The highest BCUT2D eigenvalue weighted by Gasteiger charge is 2.08. The summed E-state index contributed by atoms with van der Waals surface area (Å²) < 4.78 is 20.9. The van der Waals surface area contributed by atoms with E-state index in [9.17, 15) is 4.39 Å². The van der Waals surface area contributed by atoms with E-state index in [-0.39, 0.29) is 5.82 Å². The Kier molecular flexibility index (Phi) is 4.96. The molecule has 0 bridgehead atoms. The molecule has 2 rings (SSSR count). The van der Waals surface area contributed by atoms with Crippen molar-refractivity contribution in [1.29, 1.82) is 0 Å². The van der Waals surface area contributed by atoms with Gasteiger partial charge in [-0.25, -0.2) is 4.39 Å². The fourth-order valence-corrected chi connectivity index (χ4v) is 2.78. The van der Waals surface area contributed by atoms with E-state index in [1.54, 1.807) is 6.07 Å². The smallest absolute Gasteiger partial charge is 0.141 e. The Morgan fingerprint density at radius 2 is 1.84 bits per heavy atom. The molecule has 2 nitrogen and oxygen atoms in total. The lowest BCUT2D eigenvalue weighted by atomic mass is 10.2. The number of halogens is 3. The first kappa shape index (κ1) is 14.5. The number of benzene rings is 2. The number of hydrogen-bond acceptors (Lipinski definition) is 2. The lowest BCUT2D eigenvalue weighted by Crippen LogP contribution is -2.06. The molecule has 0 saturated carbocycles. The van der Waals surface area contributed by atoms with E-state index in [0.29, 0.717) is 18.0 Å². The first-order chi connectivity index (χ1) is 9.10. The van der Waals surface area contributed by atoms with Gasteiger partial charge in [-0.3, -0.25) is 0 Å². The predicted molar refractivity (Wildman–Crippen MR) is 81.1 cm³/mol. The van der Waals surface area contributed by atoms with Gasteiger partial charge in [-0.15, -0.1) is 0 Å². The molecule has 19 heavy (non-hydrogen) atoms. The second-order valence-corrected chi connectivity index (χ2v) is 5.73. The average molecular weight is 389 g/mol. The molecule has 0 spiro atoms. The molecular formula is C14H12Br2FNO. The minimum absolute atomic E-state index is 0.271. The van der Waals surface area contributed by atoms with E-state index in [2.05, 4.69) is 37.2 Å². The maximum Gasteiger partial charge on any atom is 0.141 e. The average Bonchev–Trinajstić information content (AvgIpc) is 2.36. The minimum atomic E-state index is -0.271. The maximum atomic E-state index is 13.2. The van der Waals surface area contributed by atoms with Crippen LogP contribution in [0.1, 0.15) is 5.56 Å². The van der Waals surface area contributed by atoms with Crippen molar-refractivity contribution < 1.29 is 9.13 Å². The van der Waals surface area contributed by atoms with Gasteiger partial charge in [0.05, 0.1) is 4.47 Å². The van der Waals surface area contributed by atoms with E-state index in [1.807, 2.05) is 25.2 Å². The van der Waals surface area contributed by atoms with Gasteiger partial charge in [-0.05, 0) is 59.4 Å². The van der Waals surface area contributed by atoms with Gasteiger partial charge in [0.15, 0.2) is 0 Å². The van der Waals surface area contributed by atoms with Crippen molar-refractivity contribution in [2.75, 3.05) is 7.05 Å². The summed E-state index contributed by atoms with van der Waals surface area (Å²) >= 11 is 6.82. The lowest BCUT2D eigenvalue weighted by Gasteiger charge is -2.12. The lowest BCUT2D eigenvalue weighted by molar-refractivity contribution is 0.468. The van der Waals surface area contributed by atoms with Gasteiger partial charge in [0.1, 0.15) is 17.3 Å². The summed E-state index contributed by atoms with van der Waals surface area (Å²) in [5.74, 6) is 1.05. The van der Waals surface area contributed by atoms with Crippen molar-refractivity contribution >= 4 is 31.9 Å². The molecule has 100 valence electrons. The second kappa shape index (κ2) is 6.50. The zero-order chi connectivity index (χ0) is 13.8. The van der Waals surface area contributed by atoms with Crippen LogP contribution in [0.2, 0.25) is 0 Å². The normalized spacial score (nSPS) is 10.5. The van der Waals surface area contributed by atoms with Crippen LogP contribution in [-0.2, 0) is 6.54 Å². The number of hydrogen-bond donors (Lipinski definition) is 1. The maximum absolute atomic E-state index is 13.2. The van der Waals surface area contributed by atoms with E-state index in [1.165, 1.54) is 12.1 Å². The molecule has 0 aliphatic heterocycles. The van der Waals surface area contributed by atoms with Crippen LogP contribution < -0.4 is 10.1 Å². The van der Waals surface area contributed by atoms with Crippen LogP contribution in [0.4, 0.5) is 4.39 Å². The minimum Gasteiger partial charge on any atom is -0.456 e. The van der Waals surface area contributed by atoms with E-state index < -0.39 is 0 Å². The Morgan fingerprint density at radius 3 is 2.53 bits per heavy atom. The molecule has 0 aliphatic rings. The van der Waals surface area contributed by atoms with Crippen LogP contribution in [0.15, 0.2) is 45.3 Å². The Morgan fingerprint density at radius 1 is 1.11 bits per heavy atom. The summed E-state index contributed by atoms with van der Waals surface area (Å²) in [7, 11) is 1.81. The van der Waals surface area contributed by atoms with Gasteiger partial charge in [-0.1, -0.05) is 15.9 Å². The Bertz CT molecular complexity index is 590. The van der Waals surface area contributed by atoms with Crippen LogP contribution in [0.3, 0.4) is 0 Å². The summed E-state index contributed by atoms with van der Waals surface area (Å²) in [6, 6.07) is 10.1. The molecule has 2 aromatic carbocycles. The third kappa shape index (κ3) is 3.78. The Hall–Kier alpha value is -0.910. The van der Waals surface area contributed by atoms with Gasteiger partial charge in [-0.2, -0.15) is 0 Å². The van der Waals surface area contributed by atoms with Crippen molar-refractivity contribution in [1.82, 2.24) is 5.32 Å². The highest BCUT2D eigenvalue weighted by molar-refractivity contribution is 9.11.